The van der Waals surface area contributed by atoms with Crippen LogP contribution in [0, 0.1) is 6.92 Å². The molecule has 1 amide bonds. The molecular weight excluding hydrogens is 276 g/mol. The number of aromatic carboxylic acids is 1. The number of benzene rings is 1. The van der Waals surface area contributed by atoms with Crippen LogP contribution < -0.4 is 5.32 Å². The van der Waals surface area contributed by atoms with Crippen LogP contribution in [0.5, 0.6) is 0 Å². The Hall–Kier alpha value is -2.47. The van der Waals surface area contributed by atoms with Gasteiger partial charge in [-0.15, -0.1) is 0 Å². The number of aryl methyl sites for hydroxylation is 1. The summed E-state index contributed by atoms with van der Waals surface area (Å²) in [5.74, 6) is -1.49. The van der Waals surface area contributed by atoms with Crippen molar-refractivity contribution in [1.82, 2.24) is 4.37 Å². The number of nitrogens with zero attached hydrogens (tertiary/aromatic N) is 1. The molecule has 2 rings (SSSR count). The van der Waals surface area contributed by atoms with Gasteiger partial charge in [-0.05, 0) is 30.1 Å². The average molecular weight is 288 g/mol. The lowest BCUT2D eigenvalue weighted by Crippen LogP contribution is -2.10. The fourth-order valence-corrected chi connectivity index (χ4v) is 2.39. The van der Waals surface area contributed by atoms with E-state index >= 15 is 0 Å². The lowest BCUT2D eigenvalue weighted by molar-refractivity contribution is -0.111. The van der Waals surface area contributed by atoms with Crippen LogP contribution in [0.15, 0.2) is 36.4 Å². The van der Waals surface area contributed by atoms with E-state index in [0.717, 1.165) is 17.1 Å². The van der Waals surface area contributed by atoms with Crippen molar-refractivity contribution < 1.29 is 14.7 Å². The molecule has 5 nitrogen and oxygen atoms in total. The quantitative estimate of drug-likeness (QED) is 0.848. The molecule has 2 aromatic rings. The highest BCUT2D eigenvalue weighted by molar-refractivity contribution is 7.11. The number of carboxylic acids is 1. The number of carboxylic acid groups (broad SMARTS) is 1. The van der Waals surface area contributed by atoms with Gasteiger partial charge in [0.25, 0.3) is 0 Å². The van der Waals surface area contributed by atoms with E-state index in [1.54, 1.807) is 13.0 Å². The molecule has 0 aliphatic carbocycles. The van der Waals surface area contributed by atoms with Crippen LogP contribution in [-0.2, 0) is 4.79 Å². The third kappa shape index (κ3) is 3.30. The van der Waals surface area contributed by atoms with Crippen molar-refractivity contribution in [3.8, 4) is 0 Å². The maximum atomic E-state index is 11.8. The molecule has 0 radical (unpaired) electrons. The van der Waals surface area contributed by atoms with E-state index in [1.165, 1.54) is 6.08 Å². The van der Waals surface area contributed by atoms with Crippen LogP contribution in [0.4, 0.5) is 5.00 Å². The van der Waals surface area contributed by atoms with Crippen LogP contribution in [0.25, 0.3) is 6.08 Å². The standard InChI is InChI=1S/C14H12N2O3S/c1-9-12(14(18)19)13(20-16-9)15-11(17)8-7-10-5-3-2-4-6-10/h2-8H,1H3,(H,15,17)(H,18,19)/b8-7+. The fourth-order valence-electron chi connectivity index (χ4n) is 1.60. The number of hydrogen-bond donors (Lipinski definition) is 2. The molecule has 0 fully saturated rings. The van der Waals surface area contributed by atoms with Crippen molar-refractivity contribution in [2.75, 3.05) is 5.32 Å². The molecule has 1 aromatic heterocycles. The van der Waals surface area contributed by atoms with Gasteiger partial charge in [0.2, 0.25) is 5.91 Å². The minimum Gasteiger partial charge on any atom is -0.478 e. The second kappa shape index (κ2) is 6.12. The lowest BCUT2D eigenvalue weighted by atomic mass is 10.2. The molecule has 6 heteroatoms. The lowest BCUT2D eigenvalue weighted by Gasteiger charge is -2.00. The Morgan fingerprint density at radius 2 is 2.00 bits per heavy atom. The molecule has 0 bridgehead atoms. The summed E-state index contributed by atoms with van der Waals surface area (Å²) in [6, 6.07) is 9.35. The second-order valence-electron chi connectivity index (χ2n) is 4.01. The Morgan fingerprint density at radius 1 is 1.30 bits per heavy atom. The first-order valence-corrected chi connectivity index (χ1v) is 6.59. The summed E-state index contributed by atoms with van der Waals surface area (Å²) in [4.78, 5) is 22.8. The topological polar surface area (TPSA) is 79.3 Å². The number of amides is 1. The van der Waals surface area contributed by atoms with E-state index in [1.807, 2.05) is 30.3 Å². The minimum atomic E-state index is -1.10. The van der Waals surface area contributed by atoms with E-state index in [0.29, 0.717) is 5.69 Å². The third-order valence-corrected chi connectivity index (χ3v) is 3.39. The van der Waals surface area contributed by atoms with Gasteiger partial charge < -0.3 is 10.4 Å². The summed E-state index contributed by atoms with van der Waals surface area (Å²) in [5.41, 5.74) is 1.32. The molecular formula is C14H12N2O3S. The molecule has 20 heavy (non-hydrogen) atoms. The number of rotatable bonds is 4. The monoisotopic (exact) mass is 288 g/mol. The van der Waals surface area contributed by atoms with Crippen molar-refractivity contribution in [2.45, 2.75) is 6.92 Å². The molecule has 0 spiro atoms. The Morgan fingerprint density at radius 3 is 2.65 bits per heavy atom. The Balaban J connectivity index is 2.09. The van der Waals surface area contributed by atoms with E-state index in [4.69, 9.17) is 5.11 Å². The van der Waals surface area contributed by atoms with Crippen LogP contribution in [-0.4, -0.2) is 21.4 Å². The normalized spacial score (nSPS) is 10.7. The van der Waals surface area contributed by atoms with E-state index < -0.39 is 5.97 Å². The molecule has 0 saturated carbocycles. The van der Waals surface area contributed by atoms with Gasteiger partial charge in [0, 0.05) is 6.08 Å². The largest absolute Gasteiger partial charge is 0.478 e. The van der Waals surface area contributed by atoms with E-state index in [2.05, 4.69) is 9.69 Å². The summed E-state index contributed by atoms with van der Waals surface area (Å²) in [7, 11) is 0. The van der Waals surface area contributed by atoms with Gasteiger partial charge in [0.1, 0.15) is 10.6 Å². The number of aromatic nitrogens is 1. The maximum Gasteiger partial charge on any atom is 0.340 e. The SMILES string of the molecule is Cc1nsc(NC(=O)/C=C/c2ccccc2)c1C(=O)O. The van der Waals surface area contributed by atoms with Gasteiger partial charge in [0.15, 0.2) is 0 Å². The van der Waals surface area contributed by atoms with Crippen molar-refractivity contribution in [1.29, 1.82) is 0 Å². The van der Waals surface area contributed by atoms with Gasteiger partial charge in [-0.1, -0.05) is 30.3 Å². The van der Waals surface area contributed by atoms with Crippen LogP contribution >= 0.6 is 11.5 Å². The Labute approximate surface area is 119 Å². The first-order valence-electron chi connectivity index (χ1n) is 5.81. The highest BCUT2D eigenvalue weighted by Crippen LogP contribution is 2.24. The number of carbonyl (C=O) groups is 2. The first kappa shape index (κ1) is 14.0. The molecule has 0 saturated heterocycles. The average Bonchev–Trinajstić information content (AvgIpc) is 2.78. The highest BCUT2D eigenvalue weighted by Gasteiger charge is 2.18. The number of nitrogens with one attached hydrogen (secondary N) is 1. The molecule has 2 N–H and O–H groups in total. The summed E-state index contributed by atoms with van der Waals surface area (Å²) in [5, 5.41) is 11.8. The molecule has 1 aromatic carbocycles. The first-order chi connectivity index (χ1) is 9.58. The molecule has 102 valence electrons. The molecule has 0 unspecified atom stereocenters. The zero-order chi connectivity index (χ0) is 14.5. The van der Waals surface area contributed by atoms with Crippen LogP contribution in [0.2, 0.25) is 0 Å². The predicted molar refractivity (Wildman–Crippen MR) is 77.9 cm³/mol. The molecule has 0 aliphatic heterocycles. The van der Waals surface area contributed by atoms with Crippen LogP contribution in [0.1, 0.15) is 21.6 Å². The minimum absolute atomic E-state index is 0.0384. The third-order valence-electron chi connectivity index (χ3n) is 2.54. The van der Waals surface area contributed by atoms with E-state index in [-0.39, 0.29) is 16.5 Å². The van der Waals surface area contributed by atoms with Crippen molar-refractivity contribution in [3.05, 3.63) is 53.2 Å². The Kier molecular flexibility index (Phi) is 4.27. The van der Waals surface area contributed by atoms with Crippen LogP contribution in [0.3, 0.4) is 0 Å². The van der Waals surface area contributed by atoms with Gasteiger partial charge in [-0.25, -0.2) is 4.79 Å². The maximum absolute atomic E-state index is 11.8. The fraction of sp³-hybridized carbons (Fsp3) is 0.0714. The van der Waals surface area contributed by atoms with Crippen molar-refractivity contribution in [3.63, 3.8) is 0 Å². The van der Waals surface area contributed by atoms with Gasteiger partial charge >= 0.3 is 5.97 Å². The van der Waals surface area contributed by atoms with Gasteiger partial charge in [-0.2, -0.15) is 4.37 Å². The van der Waals surface area contributed by atoms with E-state index in [9.17, 15) is 9.59 Å². The Bertz CT molecular complexity index is 662. The number of anilines is 1. The van der Waals surface area contributed by atoms with Gasteiger partial charge in [0.05, 0.1) is 5.69 Å². The molecule has 1 heterocycles. The van der Waals surface area contributed by atoms with Crippen molar-refractivity contribution >= 4 is 34.5 Å². The number of hydrogen-bond acceptors (Lipinski definition) is 4. The summed E-state index contributed by atoms with van der Waals surface area (Å²) >= 11 is 0.958. The predicted octanol–water partition coefficient (Wildman–Crippen LogP) is 2.80. The second-order valence-corrected chi connectivity index (χ2v) is 4.78. The summed E-state index contributed by atoms with van der Waals surface area (Å²) in [6.45, 7) is 1.59. The molecule has 0 aliphatic rings. The zero-order valence-corrected chi connectivity index (χ0v) is 11.5. The molecule has 0 atom stereocenters. The summed E-state index contributed by atoms with van der Waals surface area (Å²) < 4.78 is 3.93. The summed E-state index contributed by atoms with van der Waals surface area (Å²) in [6.07, 6.45) is 3.01. The van der Waals surface area contributed by atoms with Gasteiger partial charge in [-0.3, -0.25) is 4.79 Å². The van der Waals surface area contributed by atoms with Crippen molar-refractivity contribution in [2.24, 2.45) is 0 Å². The highest BCUT2D eigenvalue weighted by atomic mass is 32.1. The smallest absolute Gasteiger partial charge is 0.340 e. The zero-order valence-electron chi connectivity index (χ0n) is 10.7. The number of carbonyl (C=O) groups excluding carboxylic acids is 1.